The highest BCUT2D eigenvalue weighted by atomic mass is 35.5. The van der Waals surface area contributed by atoms with Crippen LogP contribution >= 0.6 is 11.6 Å². The molecule has 0 spiro atoms. The molecule has 0 bridgehead atoms. The zero-order valence-electron chi connectivity index (χ0n) is 10.3. The van der Waals surface area contributed by atoms with Gasteiger partial charge in [0.15, 0.2) is 0 Å². The molecule has 0 radical (unpaired) electrons. The van der Waals surface area contributed by atoms with Gasteiger partial charge in [-0.1, -0.05) is 17.7 Å². The molecule has 0 unspecified atom stereocenters. The van der Waals surface area contributed by atoms with E-state index in [4.69, 9.17) is 11.6 Å². The number of anilines is 1. The van der Waals surface area contributed by atoms with Crippen molar-refractivity contribution in [1.29, 1.82) is 0 Å². The molecule has 0 aliphatic rings. The van der Waals surface area contributed by atoms with Crippen LogP contribution in [0.15, 0.2) is 24.3 Å². The van der Waals surface area contributed by atoms with Crippen molar-refractivity contribution in [3.05, 3.63) is 29.3 Å². The van der Waals surface area contributed by atoms with E-state index in [1.165, 1.54) is 20.0 Å². The summed E-state index contributed by atoms with van der Waals surface area (Å²) in [5, 5.41) is 2.83. The van der Waals surface area contributed by atoms with Crippen molar-refractivity contribution < 1.29 is 13.2 Å². The van der Waals surface area contributed by atoms with Crippen molar-refractivity contribution in [3.8, 4) is 0 Å². The molecule has 0 aromatic heterocycles. The summed E-state index contributed by atoms with van der Waals surface area (Å²) in [5.41, 5.74) is 0.362. The molecule has 7 heteroatoms. The number of rotatable bonds is 4. The average Bonchev–Trinajstić information content (AvgIpc) is 2.26. The van der Waals surface area contributed by atoms with E-state index in [-0.39, 0.29) is 5.91 Å². The molecule has 0 heterocycles. The molecule has 1 aromatic carbocycles. The average molecular weight is 291 g/mol. The fourth-order valence-corrected chi connectivity index (χ4v) is 2.98. The van der Waals surface area contributed by atoms with Crippen molar-refractivity contribution in [3.63, 3.8) is 0 Å². The van der Waals surface area contributed by atoms with Crippen LogP contribution in [0.25, 0.3) is 0 Å². The van der Waals surface area contributed by atoms with Crippen molar-refractivity contribution in [2.24, 2.45) is 0 Å². The number of carbonyl (C=O) groups excluding carboxylic acids is 1. The second-order valence-corrected chi connectivity index (χ2v) is 6.12. The standard InChI is InChI=1S/C11H15ClN2O3S/c1-8(11(15)13-2)14(18(3,16)17)10-6-4-5-9(12)7-10/h4-8H,1-3H3,(H,13,15)/t8-/m0/s1. The van der Waals surface area contributed by atoms with Crippen LogP contribution in [0.5, 0.6) is 0 Å². The maximum atomic E-state index is 11.8. The van der Waals surface area contributed by atoms with Gasteiger partial charge < -0.3 is 5.32 Å². The van der Waals surface area contributed by atoms with Gasteiger partial charge >= 0.3 is 0 Å². The summed E-state index contributed by atoms with van der Waals surface area (Å²) in [6.45, 7) is 1.51. The Hall–Kier alpha value is -1.27. The Balaban J connectivity index is 3.27. The first-order valence-electron chi connectivity index (χ1n) is 5.24. The Morgan fingerprint density at radius 3 is 2.50 bits per heavy atom. The molecule has 1 aromatic rings. The SMILES string of the molecule is CNC(=O)[C@H](C)N(c1cccc(Cl)c1)S(C)(=O)=O. The lowest BCUT2D eigenvalue weighted by Crippen LogP contribution is -2.46. The summed E-state index contributed by atoms with van der Waals surface area (Å²) in [4.78, 5) is 11.6. The summed E-state index contributed by atoms with van der Waals surface area (Å²) in [6, 6.07) is 5.51. The van der Waals surface area contributed by atoms with Gasteiger partial charge in [-0.15, -0.1) is 0 Å². The minimum atomic E-state index is -3.58. The van der Waals surface area contributed by atoms with Gasteiger partial charge in [0, 0.05) is 12.1 Å². The third kappa shape index (κ3) is 3.36. The third-order valence-corrected chi connectivity index (χ3v) is 3.87. The normalized spacial score (nSPS) is 12.9. The summed E-state index contributed by atoms with van der Waals surface area (Å²) >= 11 is 5.84. The van der Waals surface area contributed by atoms with Gasteiger partial charge in [0.05, 0.1) is 11.9 Å². The highest BCUT2D eigenvalue weighted by Crippen LogP contribution is 2.23. The minimum Gasteiger partial charge on any atom is -0.357 e. The van der Waals surface area contributed by atoms with Crippen molar-refractivity contribution in [2.45, 2.75) is 13.0 Å². The monoisotopic (exact) mass is 290 g/mol. The Morgan fingerprint density at radius 2 is 2.06 bits per heavy atom. The largest absolute Gasteiger partial charge is 0.357 e. The van der Waals surface area contributed by atoms with Crippen LogP contribution in [0.3, 0.4) is 0 Å². The third-order valence-electron chi connectivity index (χ3n) is 2.40. The fourth-order valence-electron chi connectivity index (χ4n) is 1.63. The summed E-state index contributed by atoms with van der Waals surface area (Å²) in [5.74, 6) is -0.389. The predicted molar refractivity (Wildman–Crippen MR) is 72.3 cm³/mol. The van der Waals surface area contributed by atoms with Crippen LogP contribution in [0.4, 0.5) is 5.69 Å². The van der Waals surface area contributed by atoms with Gasteiger partial charge in [-0.25, -0.2) is 8.42 Å². The number of nitrogens with zero attached hydrogens (tertiary/aromatic N) is 1. The molecule has 1 rings (SSSR count). The maximum absolute atomic E-state index is 11.8. The van der Waals surface area contributed by atoms with Gasteiger partial charge in [-0.05, 0) is 25.1 Å². The van der Waals surface area contributed by atoms with E-state index in [0.29, 0.717) is 10.7 Å². The molecular weight excluding hydrogens is 276 g/mol. The topological polar surface area (TPSA) is 66.5 Å². The van der Waals surface area contributed by atoms with Gasteiger partial charge in [-0.3, -0.25) is 9.10 Å². The predicted octanol–water partition coefficient (Wildman–Crippen LogP) is 1.24. The van der Waals surface area contributed by atoms with Crippen molar-refractivity contribution in [2.75, 3.05) is 17.6 Å². The smallest absolute Gasteiger partial charge is 0.243 e. The molecule has 0 aliphatic carbocycles. The Labute approximate surface area is 112 Å². The number of nitrogens with one attached hydrogen (secondary N) is 1. The molecule has 1 N–H and O–H groups in total. The highest BCUT2D eigenvalue weighted by molar-refractivity contribution is 7.92. The second kappa shape index (κ2) is 5.58. The summed E-state index contributed by atoms with van der Waals surface area (Å²) < 4.78 is 24.7. The van der Waals surface area contributed by atoms with E-state index in [0.717, 1.165) is 10.6 Å². The first-order chi connectivity index (χ1) is 8.27. The molecule has 100 valence electrons. The molecule has 0 saturated carbocycles. The van der Waals surface area contributed by atoms with Crippen LogP contribution in [-0.4, -0.2) is 33.7 Å². The molecule has 0 saturated heterocycles. The zero-order chi connectivity index (χ0) is 13.9. The van der Waals surface area contributed by atoms with Gasteiger partial charge in [0.25, 0.3) is 0 Å². The highest BCUT2D eigenvalue weighted by Gasteiger charge is 2.28. The van der Waals surface area contributed by atoms with Crippen molar-refractivity contribution in [1.82, 2.24) is 5.32 Å². The minimum absolute atomic E-state index is 0.362. The fraction of sp³-hybridized carbons (Fsp3) is 0.364. The lowest BCUT2D eigenvalue weighted by molar-refractivity contribution is -0.121. The van der Waals surface area contributed by atoms with Crippen LogP contribution in [0.2, 0.25) is 5.02 Å². The molecule has 1 amide bonds. The number of halogens is 1. The van der Waals surface area contributed by atoms with E-state index < -0.39 is 16.1 Å². The van der Waals surface area contributed by atoms with Crippen LogP contribution in [0.1, 0.15) is 6.92 Å². The Morgan fingerprint density at radius 1 is 1.44 bits per heavy atom. The molecule has 1 atom stereocenters. The first-order valence-corrected chi connectivity index (χ1v) is 7.46. The molecule has 0 aliphatic heterocycles. The quantitative estimate of drug-likeness (QED) is 0.907. The summed E-state index contributed by atoms with van der Waals surface area (Å²) in [6.07, 6.45) is 1.05. The number of amides is 1. The molecule has 5 nitrogen and oxygen atoms in total. The molecule has 18 heavy (non-hydrogen) atoms. The first kappa shape index (κ1) is 14.8. The Kier molecular flexibility index (Phi) is 4.59. The van der Waals surface area contributed by atoms with Crippen LogP contribution in [0, 0.1) is 0 Å². The van der Waals surface area contributed by atoms with E-state index in [1.54, 1.807) is 18.2 Å². The van der Waals surface area contributed by atoms with E-state index in [2.05, 4.69) is 5.32 Å². The van der Waals surface area contributed by atoms with Crippen molar-refractivity contribution >= 4 is 33.2 Å². The zero-order valence-corrected chi connectivity index (χ0v) is 11.9. The van der Waals surface area contributed by atoms with E-state index >= 15 is 0 Å². The second-order valence-electron chi connectivity index (χ2n) is 3.83. The number of hydrogen-bond acceptors (Lipinski definition) is 3. The van der Waals surface area contributed by atoms with Crippen LogP contribution in [-0.2, 0) is 14.8 Å². The van der Waals surface area contributed by atoms with Gasteiger partial charge in [-0.2, -0.15) is 0 Å². The van der Waals surface area contributed by atoms with Crippen LogP contribution < -0.4 is 9.62 Å². The maximum Gasteiger partial charge on any atom is 0.243 e. The van der Waals surface area contributed by atoms with Gasteiger partial charge in [0.2, 0.25) is 15.9 Å². The van der Waals surface area contributed by atoms with Gasteiger partial charge in [0.1, 0.15) is 6.04 Å². The molecular formula is C11H15ClN2O3S. The Bertz CT molecular complexity index is 545. The number of likely N-dealkylation sites (N-methyl/N-ethyl adjacent to an activating group) is 1. The molecule has 0 fully saturated rings. The number of hydrogen-bond donors (Lipinski definition) is 1. The number of sulfonamides is 1. The lowest BCUT2D eigenvalue weighted by Gasteiger charge is -2.27. The number of carbonyl (C=O) groups is 1. The lowest BCUT2D eigenvalue weighted by atomic mass is 10.2. The number of benzene rings is 1. The van der Waals surface area contributed by atoms with E-state index in [9.17, 15) is 13.2 Å². The summed E-state index contributed by atoms with van der Waals surface area (Å²) in [7, 11) is -2.12. The van der Waals surface area contributed by atoms with E-state index in [1.807, 2.05) is 0 Å².